The van der Waals surface area contributed by atoms with Crippen molar-refractivity contribution in [2.45, 2.75) is 124 Å². The molecular formula is C36H62N6O7S. The lowest BCUT2D eigenvalue weighted by Crippen LogP contribution is -2.63. The highest BCUT2D eigenvalue weighted by Crippen LogP contribution is 2.65. The molecule has 0 radical (unpaired) electrons. The quantitative estimate of drug-likeness (QED) is 0.140. The van der Waals surface area contributed by atoms with Crippen LogP contribution in [0.25, 0.3) is 0 Å². The van der Waals surface area contributed by atoms with E-state index in [1.807, 2.05) is 34.6 Å². The minimum Gasteiger partial charge on any atom is -0.346 e. The predicted molar refractivity (Wildman–Crippen MR) is 193 cm³/mol. The number of nitrogens with one attached hydrogen (secondary N) is 4. The van der Waals surface area contributed by atoms with E-state index in [4.69, 9.17) is 0 Å². The van der Waals surface area contributed by atoms with Crippen molar-refractivity contribution < 1.29 is 32.4 Å². The molecule has 0 bridgehead atoms. The number of unbranched alkanes of at least 4 members (excludes halogenated alkanes) is 1. The number of nitrogens with zero attached hydrogens (tertiary/aromatic N) is 2. The van der Waals surface area contributed by atoms with Crippen molar-refractivity contribution in [3.8, 4) is 0 Å². The van der Waals surface area contributed by atoms with E-state index < -0.39 is 68.6 Å². The topological polar surface area (TPSA) is 174 Å². The third-order valence-electron chi connectivity index (χ3n) is 11.4. The van der Waals surface area contributed by atoms with Gasteiger partial charge >= 0.3 is 6.03 Å². The standard InChI is InChI=1S/C36H62N6O7S/c1-11-13-17-24(28(43)31(45)37-20-12-2)38-30(44)27-26-23(35(26,6)7)21-42(27)32(46)29(36(8)18-15-14-16-19-36)40-33(47)39-25(34(3,4)5)22-41(9)50(10,48)49/h12,23-27,29H,2,11,13-22H2,1,3-10H3,(H,37,45)(H,38,44)(H2,39,40,47)/t23-,24?,25+,26-,27-,29+/m0/s1. The molecule has 1 heterocycles. The van der Waals surface area contributed by atoms with Gasteiger partial charge < -0.3 is 26.2 Å². The highest BCUT2D eigenvalue weighted by molar-refractivity contribution is 7.88. The van der Waals surface area contributed by atoms with Gasteiger partial charge in [-0.2, -0.15) is 0 Å². The van der Waals surface area contributed by atoms with E-state index >= 15 is 0 Å². The van der Waals surface area contributed by atoms with Gasteiger partial charge in [0.15, 0.2) is 0 Å². The Bertz CT molecular complexity index is 1400. The number of ketones is 1. The van der Waals surface area contributed by atoms with E-state index in [9.17, 15) is 32.4 Å². The van der Waals surface area contributed by atoms with Gasteiger partial charge in [0.1, 0.15) is 12.1 Å². The summed E-state index contributed by atoms with van der Waals surface area (Å²) in [6.07, 6.45) is 8.46. The van der Waals surface area contributed by atoms with Crippen molar-refractivity contribution in [3.05, 3.63) is 12.7 Å². The summed E-state index contributed by atoms with van der Waals surface area (Å²) in [4.78, 5) is 70.1. The van der Waals surface area contributed by atoms with Crippen molar-refractivity contribution >= 4 is 39.6 Å². The van der Waals surface area contributed by atoms with Crippen LogP contribution in [-0.4, -0.2) is 104 Å². The fourth-order valence-corrected chi connectivity index (χ4v) is 8.19. The summed E-state index contributed by atoms with van der Waals surface area (Å²) in [6.45, 7) is 17.9. The molecule has 3 fully saturated rings. The van der Waals surface area contributed by atoms with Crippen LogP contribution in [0, 0.1) is 28.1 Å². The number of amides is 5. The van der Waals surface area contributed by atoms with Crippen LogP contribution in [-0.2, 0) is 29.2 Å². The Kier molecular flexibility index (Phi) is 13.4. The fourth-order valence-electron chi connectivity index (χ4n) is 7.77. The van der Waals surface area contributed by atoms with Crippen LogP contribution in [0.5, 0.6) is 0 Å². The molecule has 0 aromatic heterocycles. The van der Waals surface area contributed by atoms with Crippen molar-refractivity contribution in [2.75, 3.05) is 32.9 Å². The Hall–Kier alpha value is -3.00. The smallest absolute Gasteiger partial charge is 0.315 e. The molecule has 6 atom stereocenters. The average Bonchev–Trinajstić information content (AvgIpc) is 3.33. The molecule has 5 amide bonds. The first-order valence-corrected chi connectivity index (χ1v) is 20.0. The molecule has 1 unspecified atom stereocenters. The highest BCUT2D eigenvalue weighted by atomic mass is 32.2. The Balaban J connectivity index is 1.92. The first-order chi connectivity index (χ1) is 23.1. The number of fused-ring (bicyclic) bond motifs is 1. The van der Waals surface area contributed by atoms with Crippen LogP contribution >= 0.6 is 0 Å². The van der Waals surface area contributed by atoms with Gasteiger partial charge in [0.05, 0.1) is 12.3 Å². The second kappa shape index (κ2) is 16.1. The molecule has 3 rings (SSSR count). The van der Waals surface area contributed by atoms with E-state index in [0.29, 0.717) is 25.8 Å². The number of urea groups is 1. The molecular weight excluding hydrogens is 660 g/mol. The Morgan fingerprint density at radius 1 is 1.02 bits per heavy atom. The number of carbonyl (C=O) groups excluding carboxylic acids is 5. The Morgan fingerprint density at radius 3 is 2.18 bits per heavy atom. The molecule has 3 aliphatic rings. The minimum atomic E-state index is -3.51. The van der Waals surface area contributed by atoms with Crippen molar-refractivity contribution in [3.63, 3.8) is 0 Å². The van der Waals surface area contributed by atoms with Crippen LogP contribution in [0.3, 0.4) is 0 Å². The zero-order valence-electron chi connectivity index (χ0n) is 31.7. The van der Waals surface area contributed by atoms with E-state index in [1.165, 1.54) is 17.4 Å². The Morgan fingerprint density at radius 2 is 1.64 bits per heavy atom. The van der Waals surface area contributed by atoms with Crippen LogP contribution < -0.4 is 21.3 Å². The number of hydrogen-bond donors (Lipinski definition) is 4. The second-order valence-electron chi connectivity index (χ2n) is 16.7. The summed E-state index contributed by atoms with van der Waals surface area (Å²) in [6, 6.07) is -4.02. The molecule has 1 aliphatic heterocycles. The van der Waals surface area contributed by atoms with Gasteiger partial charge in [-0.15, -0.1) is 6.58 Å². The third kappa shape index (κ3) is 9.65. The molecule has 1 saturated heterocycles. The largest absolute Gasteiger partial charge is 0.346 e. The van der Waals surface area contributed by atoms with E-state index in [-0.39, 0.29) is 42.7 Å². The number of Topliss-reactive ketones (excluding diaryl/α,β-unsaturated/α-hetero) is 1. The van der Waals surface area contributed by atoms with Crippen LogP contribution in [0.15, 0.2) is 12.7 Å². The molecule has 2 aliphatic carbocycles. The summed E-state index contributed by atoms with van der Waals surface area (Å²) < 4.78 is 25.6. The molecule has 284 valence electrons. The fraction of sp³-hybridized carbons (Fsp3) is 0.806. The Labute approximate surface area is 299 Å². The maximum absolute atomic E-state index is 14.8. The number of hydrogen-bond acceptors (Lipinski definition) is 7. The lowest BCUT2D eigenvalue weighted by molar-refractivity contribution is -0.146. The zero-order chi connectivity index (χ0) is 37.8. The molecule has 0 aromatic carbocycles. The first kappa shape index (κ1) is 41.4. The average molecular weight is 723 g/mol. The summed E-state index contributed by atoms with van der Waals surface area (Å²) in [7, 11) is -2.05. The molecule has 14 heteroatoms. The van der Waals surface area contributed by atoms with Gasteiger partial charge in [-0.25, -0.2) is 17.5 Å². The third-order valence-corrected chi connectivity index (χ3v) is 12.7. The van der Waals surface area contributed by atoms with Crippen molar-refractivity contribution in [1.82, 2.24) is 30.5 Å². The first-order valence-electron chi connectivity index (χ1n) is 18.1. The minimum absolute atomic E-state index is 0.0436. The van der Waals surface area contributed by atoms with Gasteiger partial charge in [0, 0.05) is 32.7 Å². The van der Waals surface area contributed by atoms with Gasteiger partial charge in [0.2, 0.25) is 27.6 Å². The predicted octanol–water partition coefficient (Wildman–Crippen LogP) is 2.96. The normalized spacial score (nSPS) is 24.3. The highest BCUT2D eigenvalue weighted by Gasteiger charge is 2.70. The number of likely N-dealkylation sites (N-methyl/N-ethyl adjacent to an activating group) is 1. The number of carbonyl (C=O) groups is 5. The summed E-state index contributed by atoms with van der Waals surface area (Å²) >= 11 is 0. The molecule has 2 saturated carbocycles. The lowest BCUT2D eigenvalue weighted by Gasteiger charge is -2.43. The molecule has 0 spiro atoms. The lowest BCUT2D eigenvalue weighted by atomic mass is 9.70. The van der Waals surface area contributed by atoms with Crippen LogP contribution in [0.2, 0.25) is 0 Å². The number of rotatable bonds is 16. The maximum atomic E-state index is 14.8. The van der Waals surface area contributed by atoms with Crippen LogP contribution in [0.4, 0.5) is 4.79 Å². The number of likely N-dealkylation sites (tertiary alicyclic amines) is 1. The van der Waals surface area contributed by atoms with Gasteiger partial charge in [-0.3, -0.25) is 19.2 Å². The summed E-state index contributed by atoms with van der Waals surface area (Å²) in [5.41, 5.74) is -1.30. The SMILES string of the molecule is C=CCNC(=O)C(=O)C(CCCC)NC(=O)[C@@H]1[C@@H]2[C@H](CN1C(=O)[C@@H](NC(=O)N[C@H](CN(C)S(C)(=O)=O)C(C)(C)C)C1(C)CCCCC1)C2(C)C. The van der Waals surface area contributed by atoms with Crippen LogP contribution in [0.1, 0.15) is 99.8 Å². The number of sulfonamides is 1. The molecule has 13 nitrogen and oxygen atoms in total. The van der Waals surface area contributed by atoms with Gasteiger partial charge in [0.25, 0.3) is 5.91 Å². The van der Waals surface area contributed by atoms with E-state index in [1.54, 1.807) is 4.90 Å². The van der Waals surface area contributed by atoms with Crippen molar-refractivity contribution in [2.24, 2.45) is 28.1 Å². The summed E-state index contributed by atoms with van der Waals surface area (Å²) in [5, 5.41) is 11.3. The molecule has 0 aromatic rings. The van der Waals surface area contributed by atoms with Gasteiger partial charge in [-0.05, 0) is 47.3 Å². The second-order valence-corrected chi connectivity index (χ2v) is 18.8. The monoisotopic (exact) mass is 722 g/mol. The van der Waals surface area contributed by atoms with E-state index in [2.05, 4.69) is 41.7 Å². The zero-order valence-corrected chi connectivity index (χ0v) is 32.5. The van der Waals surface area contributed by atoms with Crippen molar-refractivity contribution in [1.29, 1.82) is 0 Å². The summed E-state index contributed by atoms with van der Waals surface area (Å²) in [5.74, 6) is -2.45. The van der Waals surface area contributed by atoms with E-state index in [0.717, 1.165) is 31.9 Å². The molecule has 4 N–H and O–H groups in total. The molecule has 50 heavy (non-hydrogen) atoms. The maximum Gasteiger partial charge on any atom is 0.315 e. The van der Waals surface area contributed by atoms with Gasteiger partial charge in [-0.1, -0.05) is 86.6 Å². The number of piperidine rings is 1.